The minimum Gasteiger partial charge on any atom is -0.317 e. The van der Waals surface area contributed by atoms with Crippen LogP contribution in [0.15, 0.2) is 6.20 Å². The van der Waals surface area contributed by atoms with Crippen LogP contribution in [0.1, 0.15) is 18.5 Å². The molecule has 6 heteroatoms. The third-order valence-corrected chi connectivity index (χ3v) is 2.84. The van der Waals surface area contributed by atoms with Crippen LogP contribution in [0.3, 0.4) is 0 Å². The van der Waals surface area contributed by atoms with Gasteiger partial charge in [-0.05, 0) is 38.3 Å². The second-order valence-electron chi connectivity index (χ2n) is 3.89. The Balaban J connectivity index is 2.03. The van der Waals surface area contributed by atoms with Gasteiger partial charge in [0, 0.05) is 0 Å². The van der Waals surface area contributed by atoms with Gasteiger partial charge in [0.05, 0.1) is 4.92 Å². The first kappa shape index (κ1) is 10.1. The third-order valence-electron chi connectivity index (χ3n) is 2.84. The van der Waals surface area contributed by atoms with Gasteiger partial charge in [-0.15, -0.1) is 0 Å². The summed E-state index contributed by atoms with van der Waals surface area (Å²) in [5.41, 5.74) is 0.778. The normalized spacial score (nSPS) is 17.9. The van der Waals surface area contributed by atoms with E-state index >= 15 is 0 Å². The SMILES string of the molecule is O=[N+]([O-])c1cn[nH]c1CC1CCNCC1. The number of hydrogen-bond acceptors (Lipinski definition) is 4. The Bertz CT molecular complexity index is 344. The first-order valence-corrected chi connectivity index (χ1v) is 5.14. The topological polar surface area (TPSA) is 83.8 Å². The molecule has 0 unspecified atom stereocenters. The van der Waals surface area contributed by atoms with E-state index in [1.165, 1.54) is 6.20 Å². The van der Waals surface area contributed by atoms with E-state index in [4.69, 9.17) is 0 Å². The Morgan fingerprint density at radius 2 is 2.27 bits per heavy atom. The minimum absolute atomic E-state index is 0.119. The fourth-order valence-electron chi connectivity index (χ4n) is 1.99. The average Bonchev–Trinajstić information content (AvgIpc) is 2.67. The molecule has 0 bridgehead atoms. The lowest BCUT2D eigenvalue weighted by atomic mass is 9.93. The molecule has 0 spiro atoms. The van der Waals surface area contributed by atoms with Crippen LogP contribution in [-0.2, 0) is 6.42 Å². The van der Waals surface area contributed by atoms with Crippen molar-refractivity contribution in [2.24, 2.45) is 5.92 Å². The van der Waals surface area contributed by atoms with Crippen molar-refractivity contribution in [3.8, 4) is 0 Å². The molecule has 1 aromatic rings. The van der Waals surface area contributed by atoms with Crippen molar-refractivity contribution < 1.29 is 4.92 Å². The Morgan fingerprint density at radius 3 is 2.93 bits per heavy atom. The smallest absolute Gasteiger partial charge is 0.309 e. The van der Waals surface area contributed by atoms with Crippen LogP contribution in [0, 0.1) is 16.0 Å². The summed E-state index contributed by atoms with van der Waals surface area (Å²) in [5.74, 6) is 0.533. The summed E-state index contributed by atoms with van der Waals surface area (Å²) in [5, 5.41) is 20.4. The third kappa shape index (κ3) is 2.33. The molecule has 15 heavy (non-hydrogen) atoms. The molecule has 1 fully saturated rings. The van der Waals surface area contributed by atoms with Crippen molar-refractivity contribution in [3.05, 3.63) is 22.0 Å². The van der Waals surface area contributed by atoms with Gasteiger partial charge in [-0.1, -0.05) is 0 Å². The zero-order valence-electron chi connectivity index (χ0n) is 8.40. The molecule has 2 rings (SSSR count). The van der Waals surface area contributed by atoms with E-state index in [1.807, 2.05) is 0 Å². The molecule has 1 saturated heterocycles. The van der Waals surface area contributed by atoms with Crippen LogP contribution in [0.25, 0.3) is 0 Å². The number of nitrogens with one attached hydrogen (secondary N) is 2. The fraction of sp³-hybridized carbons (Fsp3) is 0.667. The Labute approximate surface area is 87.2 Å². The minimum atomic E-state index is -0.375. The summed E-state index contributed by atoms with van der Waals surface area (Å²) in [6, 6.07) is 0. The van der Waals surface area contributed by atoms with E-state index in [-0.39, 0.29) is 10.6 Å². The highest BCUT2D eigenvalue weighted by Crippen LogP contribution is 2.22. The van der Waals surface area contributed by atoms with Crippen molar-refractivity contribution in [2.45, 2.75) is 19.3 Å². The summed E-state index contributed by atoms with van der Waals surface area (Å²) in [7, 11) is 0. The number of aromatic amines is 1. The van der Waals surface area contributed by atoms with Gasteiger partial charge in [0.25, 0.3) is 0 Å². The zero-order chi connectivity index (χ0) is 10.7. The summed E-state index contributed by atoms with van der Waals surface area (Å²) in [6.45, 7) is 2.01. The monoisotopic (exact) mass is 210 g/mol. The predicted molar refractivity (Wildman–Crippen MR) is 54.5 cm³/mol. The molecule has 0 radical (unpaired) electrons. The molecular weight excluding hydrogens is 196 g/mol. The lowest BCUT2D eigenvalue weighted by Gasteiger charge is -2.21. The van der Waals surface area contributed by atoms with E-state index in [2.05, 4.69) is 15.5 Å². The van der Waals surface area contributed by atoms with Crippen molar-refractivity contribution in [3.63, 3.8) is 0 Å². The maximum atomic E-state index is 10.7. The van der Waals surface area contributed by atoms with Gasteiger partial charge in [0.15, 0.2) is 0 Å². The largest absolute Gasteiger partial charge is 0.317 e. The molecule has 82 valence electrons. The van der Waals surface area contributed by atoms with Crippen molar-refractivity contribution in [1.82, 2.24) is 15.5 Å². The quantitative estimate of drug-likeness (QED) is 0.572. The van der Waals surface area contributed by atoms with Crippen molar-refractivity contribution >= 4 is 5.69 Å². The number of aromatic nitrogens is 2. The van der Waals surface area contributed by atoms with E-state index < -0.39 is 0 Å². The zero-order valence-corrected chi connectivity index (χ0v) is 8.40. The van der Waals surface area contributed by atoms with E-state index in [0.29, 0.717) is 11.6 Å². The van der Waals surface area contributed by atoms with Crippen LogP contribution >= 0.6 is 0 Å². The number of H-pyrrole nitrogens is 1. The molecular formula is C9H14N4O2. The van der Waals surface area contributed by atoms with E-state index in [1.54, 1.807) is 0 Å². The number of nitro groups is 1. The molecule has 1 aliphatic rings. The number of piperidine rings is 1. The number of hydrogen-bond donors (Lipinski definition) is 2. The van der Waals surface area contributed by atoms with Gasteiger partial charge in [-0.2, -0.15) is 5.10 Å². The second kappa shape index (κ2) is 4.39. The van der Waals surface area contributed by atoms with Crippen LogP contribution in [0.4, 0.5) is 5.69 Å². The Morgan fingerprint density at radius 1 is 1.53 bits per heavy atom. The molecule has 2 heterocycles. The molecule has 6 nitrogen and oxygen atoms in total. The maximum Gasteiger partial charge on any atom is 0.309 e. The van der Waals surface area contributed by atoms with E-state index in [9.17, 15) is 10.1 Å². The van der Waals surface area contributed by atoms with E-state index in [0.717, 1.165) is 32.4 Å². The van der Waals surface area contributed by atoms with Gasteiger partial charge >= 0.3 is 5.69 Å². The molecule has 1 aliphatic heterocycles. The highest BCUT2D eigenvalue weighted by Gasteiger charge is 2.21. The van der Waals surface area contributed by atoms with Crippen LogP contribution in [-0.4, -0.2) is 28.2 Å². The van der Waals surface area contributed by atoms with Crippen LogP contribution in [0.2, 0.25) is 0 Å². The lowest BCUT2D eigenvalue weighted by molar-refractivity contribution is -0.385. The predicted octanol–water partition coefficient (Wildman–Crippen LogP) is 0.860. The average molecular weight is 210 g/mol. The first-order chi connectivity index (χ1) is 7.27. The van der Waals surface area contributed by atoms with Crippen molar-refractivity contribution in [2.75, 3.05) is 13.1 Å². The highest BCUT2D eigenvalue weighted by molar-refractivity contribution is 5.32. The number of rotatable bonds is 3. The Kier molecular flexibility index (Phi) is 2.96. The van der Waals surface area contributed by atoms with Gasteiger partial charge in [-0.3, -0.25) is 15.2 Å². The highest BCUT2D eigenvalue weighted by atomic mass is 16.6. The molecule has 0 amide bonds. The van der Waals surface area contributed by atoms with Gasteiger partial charge < -0.3 is 5.32 Å². The van der Waals surface area contributed by atoms with Crippen LogP contribution < -0.4 is 5.32 Å². The van der Waals surface area contributed by atoms with Crippen LogP contribution in [0.5, 0.6) is 0 Å². The van der Waals surface area contributed by atoms with Gasteiger partial charge in [-0.25, -0.2) is 0 Å². The molecule has 2 N–H and O–H groups in total. The fourth-order valence-corrected chi connectivity index (χ4v) is 1.99. The Hall–Kier alpha value is -1.43. The molecule has 1 aromatic heterocycles. The van der Waals surface area contributed by atoms with Gasteiger partial charge in [0.1, 0.15) is 11.9 Å². The van der Waals surface area contributed by atoms with Crippen molar-refractivity contribution in [1.29, 1.82) is 0 Å². The number of nitrogens with zero attached hydrogens (tertiary/aromatic N) is 2. The first-order valence-electron chi connectivity index (χ1n) is 5.14. The second-order valence-corrected chi connectivity index (χ2v) is 3.89. The van der Waals surface area contributed by atoms with Gasteiger partial charge in [0.2, 0.25) is 0 Å². The molecule has 0 aliphatic carbocycles. The standard InChI is InChI=1S/C9H14N4O2/c14-13(15)9-6-11-12-8(9)5-7-1-3-10-4-2-7/h6-7,10H,1-5H2,(H,11,12). The summed E-state index contributed by atoms with van der Waals surface area (Å²) in [6.07, 6.45) is 4.18. The molecule has 0 aromatic carbocycles. The summed E-state index contributed by atoms with van der Waals surface area (Å²) in [4.78, 5) is 10.3. The summed E-state index contributed by atoms with van der Waals surface area (Å²) < 4.78 is 0. The molecule has 0 atom stereocenters. The lowest BCUT2D eigenvalue weighted by Crippen LogP contribution is -2.28. The summed E-state index contributed by atoms with van der Waals surface area (Å²) >= 11 is 0. The molecule has 0 saturated carbocycles. The maximum absolute atomic E-state index is 10.7.